The highest BCUT2D eigenvalue weighted by molar-refractivity contribution is 6.46. The molecule has 0 unspecified atom stereocenters. The van der Waals surface area contributed by atoms with Gasteiger partial charge in [0.15, 0.2) is 0 Å². The molecule has 1 nitrogen and oxygen atoms in total. The Kier molecular flexibility index (Phi) is 3.82. The third-order valence-corrected chi connectivity index (χ3v) is 3.82. The van der Waals surface area contributed by atoms with Crippen LogP contribution in [0.2, 0.25) is 0 Å². The van der Waals surface area contributed by atoms with Gasteiger partial charge in [-0.15, -0.1) is 0 Å². The van der Waals surface area contributed by atoms with Gasteiger partial charge < -0.3 is 0 Å². The third-order valence-electron chi connectivity index (χ3n) is 2.47. The van der Waals surface area contributed by atoms with Crippen LogP contribution >= 0.6 is 23.2 Å². The van der Waals surface area contributed by atoms with Crippen molar-refractivity contribution in [1.29, 1.82) is 0 Å². The van der Waals surface area contributed by atoms with Gasteiger partial charge in [-0.2, -0.15) is 0 Å². The first kappa shape index (κ1) is 12.6. The van der Waals surface area contributed by atoms with E-state index in [-0.39, 0.29) is 0 Å². The first-order valence-electron chi connectivity index (χ1n) is 4.79. The highest BCUT2D eigenvalue weighted by Gasteiger charge is 2.43. The molecule has 0 amide bonds. The van der Waals surface area contributed by atoms with E-state index >= 15 is 0 Å². The predicted octanol–water partition coefficient (Wildman–Crippen LogP) is 3.54. The van der Waals surface area contributed by atoms with Crippen LogP contribution in [0.1, 0.15) is 5.56 Å². The summed E-state index contributed by atoms with van der Waals surface area (Å²) >= 11 is 12.8. The lowest BCUT2D eigenvalue weighted by atomic mass is 10.2. The second kappa shape index (κ2) is 4.56. The van der Waals surface area contributed by atoms with Crippen LogP contribution in [-0.4, -0.2) is 25.1 Å². The Bertz CT molecular complexity index is 331. The number of rotatable bonds is 4. The van der Waals surface area contributed by atoms with E-state index in [2.05, 4.69) is 6.58 Å². The van der Waals surface area contributed by atoms with E-state index in [9.17, 15) is 0 Å². The van der Waals surface area contributed by atoms with E-state index in [0.717, 1.165) is 5.56 Å². The molecule has 82 valence electrons. The van der Waals surface area contributed by atoms with Crippen LogP contribution in [0, 0.1) is 0 Å². The highest BCUT2D eigenvalue weighted by Crippen LogP contribution is 2.40. The van der Waals surface area contributed by atoms with Crippen LogP contribution in [0.15, 0.2) is 43.0 Å². The maximum Gasteiger partial charge on any atom is 0.277 e. The van der Waals surface area contributed by atoms with Crippen molar-refractivity contribution in [2.75, 3.05) is 20.6 Å². The fourth-order valence-corrected chi connectivity index (χ4v) is 1.82. The van der Waals surface area contributed by atoms with Crippen LogP contribution < -0.4 is 0 Å². The molecule has 0 aliphatic carbocycles. The van der Waals surface area contributed by atoms with Gasteiger partial charge in [0.25, 0.3) is 4.46 Å². The molecule has 1 rings (SSSR count). The Morgan fingerprint density at radius 1 is 1.27 bits per heavy atom. The van der Waals surface area contributed by atoms with Gasteiger partial charge in [-0.05, 0) is 41.4 Å². The van der Waals surface area contributed by atoms with E-state index in [1.807, 2.05) is 50.5 Å². The number of likely N-dealkylation sites (N-methyl/N-ethyl adjacent to an activating group) is 1. The standard InChI is InChI=1S/C12H16Cl2N/c1-4-10-15(2,3)12(13,14)11-8-6-5-7-9-11/h4-9H,1,10H2,2-3H3/q+1. The van der Waals surface area contributed by atoms with Gasteiger partial charge in [0.2, 0.25) is 0 Å². The topological polar surface area (TPSA) is 0 Å². The molecule has 0 aromatic heterocycles. The van der Waals surface area contributed by atoms with E-state index in [0.29, 0.717) is 11.0 Å². The minimum Gasteiger partial charge on any atom is -0.290 e. The molecular formula is C12H16Cl2N+. The molecule has 0 atom stereocenters. The molecule has 0 saturated heterocycles. The van der Waals surface area contributed by atoms with Crippen molar-refractivity contribution < 1.29 is 4.48 Å². The molecule has 15 heavy (non-hydrogen) atoms. The third kappa shape index (κ3) is 2.54. The molecule has 0 aliphatic heterocycles. The number of benzene rings is 1. The van der Waals surface area contributed by atoms with Gasteiger partial charge >= 0.3 is 0 Å². The summed E-state index contributed by atoms with van der Waals surface area (Å²) < 4.78 is -0.501. The largest absolute Gasteiger partial charge is 0.290 e. The second-order valence-corrected chi connectivity index (χ2v) is 5.35. The molecular weight excluding hydrogens is 229 g/mol. The Morgan fingerprint density at radius 2 is 1.80 bits per heavy atom. The van der Waals surface area contributed by atoms with E-state index in [1.54, 1.807) is 0 Å². The number of nitrogens with zero attached hydrogens (tertiary/aromatic N) is 1. The van der Waals surface area contributed by atoms with Crippen molar-refractivity contribution in [3.63, 3.8) is 0 Å². The second-order valence-electron chi connectivity index (χ2n) is 4.06. The van der Waals surface area contributed by atoms with Crippen molar-refractivity contribution in [1.82, 2.24) is 0 Å². The summed E-state index contributed by atoms with van der Waals surface area (Å²) in [5.74, 6) is 0. The zero-order valence-corrected chi connectivity index (χ0v) is 10.6. The number of quaternary nitrogens is 1. The molecule has 0 N–H and O–H groups in total. The average Bonchev–Trinajstić information content (AvgIpc) is 2.19. The Labute approximate surface area is 102 Å². The lowest BCUT2D eigenvalue weighted by Gasteiger charge is -2.39. The first-order valence-corrected chi connectivity index (χ1v) is 5.55. The molecule has 0 fully saturated rings. The summed E-state index contributed by atoms with van der Waals surface area (Å²) in [6, 6.07) is 9.68. The fourth-order valence-electron chi connectivity index (χ4n) is 1.43. The summed E-state index contributed by atoms with van der Waals surface area (Å²) in [5.41, 5.74) is 0.903. The number of halogens is 2. The van der Waals surface area contributed by atoms with Crippen molar-refractivity contribution in [3.8, 4) is 0 Å². The van der Waals surface area contributed by atoms with Gasteiger partial charge in [0.1, 0.15) is 0 Å². The Morgan fingerprint density at radius 3 is 2.27 bits per heavy atom. The Hall–Kier alpha value is -0.500. The molecule has 0 aliphatic rings. The summed E-state index contributed by atoms with van der Waals surface area (Å²) in [4.78, 5) is 0. The normalized spacial score (nSPS) is 12.5. The first-order chi connectivity index (χ1) is 6.92. The molecule has 0 saturated carbocycles. The summed E-state index contributed by atoms with van der Waals surface area (Å²) in [6.45, 7) is 4.43. The fraction of sp³-hybridized carbons (Fsp3) is 0.333. The minimum atomic E-state index is -0.949. The molecule has 0 spiro atoms. The van der Waals surface area contributed by atoms with Crippen molar-refractivity contribution in [3.05, 3.63) is 48.6 Å². The predicted molar refractivity (Wildman–Crippen MR) is 67.0 cm³/mol. The zero-order chi connectivity index (χ0) is 11.5. The summed E-state index contributed by atoms with van der Waals surface area (Å²) in [6.07, 6.45) is 1.82. The van der Waals surface area contributed by atoms with Gasteiger partial charge in [-0.25, -0.2) is 0 Å². The smallest absolute Gasteiger partial charge is 0.277 e. The number of hydrogen-bond acceptors (Lipinski definition) is 0. The van der Waals surface area contributed by atoms with E-state index in [4.69, 9.17) is 23.2 Å². The zero-order valence-electron chi connectivity index (χ0n) is 9.08. The van der Waals surface area contributed by atoms with Gasteiger partial charge in [-0.3, -0.25) is 4.48 Å². The summed E-state index contributed by atoms with van der Waals surface area (Å²) in [7, 11) is 3.96. The van der Waals surface area contributed by atoms with Crippen LogP contribution in [0.5, 0.6) is 0 Å². The van der Waals surface area contributed by atoms with Crippen molar-refractivity contribution >= 4 is 23.2 Å². The maximum absolute atomic E-state index is 6.42. The monoisotopic (exact) mass is 244 g/mol. The number of alkyl halides is 2. The van der Waals surface area contributed by atoms with Crippen molar-refractivity contribution in [2.45, 2.75) is 4.46 Å². The maximum atomic E-state index is 6.42. The molecule has 0 bridgehead atoms. The molecule has 3 heteroatoms. The van der Waals surface area contributed by atoms with Gasteiger partial charge in [0, 0.05) is 5.56 Å². The summed E-state index contributed by atoms with van der Waals surface area (Å²) in [5, 5.41) is 0. The van der Waals surface area contributed by atoms with E-state index in [1.165, 1.54) is 0 Å². The molecule has 1 aromatic carbocycles. The quantitative estimate of drug-likeness (QED) is 0.329. The minimum absolute atomic E-state index is 0.448. The lowest BCUT2D eigenvalue weighted by molar-refractivity contribution is -0.914. The van der Waals surface area contributed by atoms with Crippen LogP contribution in [0.4, 0.5) is 0 Å². The molecule has 0 radical (unpaired) electrons. The SMILES string of the molecule is C=CC[N+](C)(C)C(Cl)(Cl)c1ccccc1. The van der Waals surface area contributed by atoms with Crippen LogP contribution in [0.25, 0.3) is 0 Å². The number of hydrogen-bond donors (Lipinski definition) is 0. The average molecular weight is 245 g/mol. The highest BCUT2D eigenvalue weighted by atomic mass is 35.5. The molecule has 0 heterocycles. The molecule has 1 aromatic rings. The van der Waals surface area contributed by atoms with Crippen molar-refractivity contribution in [2.24, 2.45) is 0 Å². The van der Waals surface area contributed by atoms with Gasteiger partial charge in [0.05, 0.1) is 20.6 Å². The van der Waals surface area contributed by atoms with Crippen LogP contribution in [-0.2, 0) is 4.46 Å². The lowest BCUT2D eigenvalue weighted by Crippen LogP contribution is -2.50. The Balaban J connectivity index is 3.06. The van der Waals surface area contributed by atoms with E-state index < -0.39 is 4.46 Å². The van der Waals surface area contributed by atoms with Gasteiger partial charge in [-0.1, -0.05) is 24.8 Å². The van der Waals surface area contributed by atoms with Crippen LogP contribution in [0.3, 0.4) is 0 Å².